The van der Waals surface area contributed by atoms with Gasteiger partial charge in [-0.25, -0.2) is 0 Å². The molecular weight excluding hydrogens is 476 g/mol. The lowest BCUT2D eigenvalue weighted by atomic mass is 10.1. The molecule has 1 aliphatic rings. The summed E-state index contributed by atoms with van der Waals surface area (Å²) in [6.07, 6.45) is 1.88. The third-order valence-electron chi connectivity index (χ3n) is 5.48. The predicted octanol–water partition coefficient (Wildman–Crippen LogP) is 3.95. The molecule has 4 aromatic rings. The Morgan fingerprint density at radius 1 is 1.10 bits per heavy atom. The van der Waals surface area contributed by atoms with E-state index in [1.165, 1.54) is 15.9 Å². The highest BCUT2D eigenvalue weighted by Crippen LogP contribution is 2.37. The van der Waals surface area contributed by atoms with Crippen molar-refractivity contribution in [1.29, 1.82) is 0 Å². The molecule has 3 heterocycles. The molecule has 5 rings (SSSR count). The lowest BCUT2D eigenvalue weighted by Gasteiger charge is -2.16. The number of amides is 1. The Labute approximate surface area is 191 Å². The summed E-state index contributed by atoms with van der Waals surface area (Å²) in [7, 11) is 0. The SMILES string of the molecule is CCCCN1C(=O)/C(=c2\sc3nc(-c4ccccc4C)nn3c2=O)c2cc(Br)ccc21. The van der Waals surface area contributed by atoms with Crippen LogP contribution in [0.15, 0.2) is 51.7 Å². The zero-order chi connectivity index (χ0) is 21.7. The highest BCUT2D eigenvalue weighted by atomic mass is 79.9. The molecule has 0 bridgehead atoms. The van der Waals surface area contributed by atoms with Gasteiger partial charge in [-0.05, 0) is 37.1 Å². The molecule has 0 spiro atoms. The molecule has 0 fully saturated rings. The summed E-state index contributed by atoms with van der Waals surface area (Å²) in [6.45, 7) is 4.70. The van der Waals surface area contributed by atoms with Crippen molar-refractivity contribution in [3.63, 3.8) is 0 Å². The summed E-state index contributed by atoms with van der Waals surface area (Å²) in [5.74, 6) is 0.380. The standard InChI is InChI=1S/C23H19BrN4O2S/c1-3-4-11-27-17-10-9-14(24)12-16(17)18(21(27)29)19-22(30)28-23(31-19)25-20(26-28)15-8-6-5-7-13(15)2/h5-10,12H,3-4,11H2,1-2H3/b19-18-. The van der Waals surface area contributed by atoms with Crippen molar-refractivity contribution >= 4 is 49.4 Å². The monoisotopic (exact) mass is 494 g/mol. The van der Waals surface area contributed by atoms with E-state index in [4.69, 9.17) is 0 Å². The Hall–Kier alpha value is -2.84. The molecule has 0 N–H and O–H groups in total. The molecule has 1 amide bonds. The molecule has 156 valence electrons. The van der Waals surface area contributed by atoms with Crippen LogP contribution < -0.4 is 15.0 Å². The summed E-state index contributed by atoms with van der Waals surface area (Å²) >= 11 is 4.72. The fourth-order valence-corrected chi connectivity index (χ4v) is 5.24. The van der Waals surface area contributed by atoms with Gasteiger partial charge in [0, 0.05) is 22.1 Å². The molecule has 0 saturated carbocycles. The number of aryl methyl sites for hydroxylation is 1. The molecule has 31 heavy (non-hydrogen) atoms. The lowest BCUT2D eigenvalue weighted by molar-refractivity contribution is -0.113. The molecule has 6 nitrogen and oxygen atoms in total. The fraction of sp³-hybridized carbons (Fsp3) is 0.217. The number of carbonyl (C=O) groups excluding carboxylic acids is 1. The van der Waals surface area contributed by atoms with Crippen LogP contribution in [0, 0.1) is 6.92 Å². The molecule has 8 heteroatoms. The van der Waals surface area contributed by atoms with Gasteiger partial charge in [0.25, 0.3) is 11.5 Å². The number of thiazole rings is 1. The fourth-order valence-electron chi connectivity index (χ4n) is 3.88. The number of nitrogens with zero attached hydrogens (tertiary/aromatic N) is 4. The lowest BCUT2D eigenvalue weighted by Crippen LogP contribution is -2.33. The highest BCUT2D eigenvalue weighted by Gasteiger charge is 2.34. The van der Waals surface area contributed by atoms with E-state index in [0.29, 0.717) is 27.4 Å². The molecule has 0 unspecified atom stereocenters. The minimum atomic E-state index is -0.307. The van der Waals surface area contributed by atoms with Crippen molar-refractivity contribution in [3.8, 4) is 11.4 Å². The van der Waals surface area contributed by atoms with E-state index in [9.17, 15) is 9.59 Å². The van der Waals surface area contributed by atoms with Crippen LogP contribution in [0.1, 0.15) is 30.9 Å². The maximum Gasteiger partial charge on any atom is 0.291 e. The van der Waals surface area contributed by atoms with Gasteiger partial charge in [-0.15, -0.1) is 5.10 Å². The van der Waals surface area contributed by atoms with Crippen LogP contribution >= 0.6 is 27.3 Å². The Bertz CT molecular complexity index is 1460. The molecule has 1 aliphatic heterocycles. The van der Waals surface area contributed by atoms with E-state index < -0.39 is 0 Å². The molecule has 0 aliphatic carbocycles. The first kappa shape index (κ1) is 20.1. The number of anilines is 1. The van der Waals surface area contributed by atoms with Crippen molar-refractivity contribution in [3.05, 3.63) is 73.0 Å². The molecule has 0 saturated heterocycles. The normalized spacial score (nSPS) is 15.2. The van der Waals surface area contributed by atoms with Crippen LogP contribution in [0.3, 0.4) is 0 Å². The Morgan fingerprint density at radius 3 is 2.65 bits per heavy atom. The van der Waals surface area contributed by atoms with Crippen LogP contribution in [-0.2, 0) is 4.79 Å². The molecule has 2 aromatic carbocycles. The summed E-state index contributed by atoms with van der Waals surface area (Å²) in [5.41, 5.74) is 3.68. The Morgan fingerprint density at radius 2 is 1.90 bits per heavy atom. The quantitative estimate of drug-likeness (QED) is 0.430. The van der Waals surface area contributed by atoms with Crippen molar-refractivity contribution < 1.29 is 4.79 Å². The number of benzene rings is 2. The van der Waals surface area contributed by atoms with Crippen molar-refractivity contribution in [2.45, 2.75) is 26.7 Å². The van der Waals surface area contributed by atoms with Gasteiger partial charge in [0.1, 0.15) is 4.53 Å². The number of hydrogen-bond donors (Lipinski definition) is 0. The van der Waals surface area contributed by atoms with Gasteiger partial charge in [0.2, 0.25) is 4.96 Å². The Balaban J connectivity index is 1.72. The number of halogens is 1. The Kier molecular flexibility index (Phi) is 4.98. The second kappa shape index (κ2) is 7.69. The highest BCUT2D eigenvalue weighted by molar-refractivity contribution is 9.10. The first-order chi connectivity index (χ1) is 15.0. The van der Waals surface area contributed by atoms with E-state index in [1.54, 1.807) is 4.90 Å². The molecular formula is C23H19BrN4O2S. The topological polar surface area (TPSA) is 67.6 Å². The van der Waals surface area contributed by atoms with Crippen LogP contribution in [-0.4, -0.2) is 27.0 Å². The minimum Gasteiger partial charge on any atom is -0.308 e. The van der Waals surface area contributed by atoms with Crippen molar-refractivity contribution in [1.82, 2.24) is 14.6 Å². The zero-order valence-corrected chi connectivity index (χ0v) is 19.5. The summed E-state index contributed by atoms with van der Waals surface area (Å²) in [4.78, 5) is 33.5. The van der Waals surface area contributed by atoms with Crippen LogP contribution in [0.25, 0.3) is 21.9 Å². The largest absolute Gasteiger partial charge is 0.308 e. The van der Waals surface area contributed by atoms with Gasteiger partial charge < -0.3 is 4.90 Å². The van der Waals surface area contributed by atoms with Gasteiger partial charge in [-0.3, -0.25) is 9.59 Å². The average molecular weight is 495 g/mol. The molecule has 0 radical (unpaired) electrons. The smallest absolute Gasteiger partial charge is 0.291 e. The molecule has 0 atom stereocenters. The van der Waals surface area contributed by atoms with E-state index in [0.717, 1.165) is 39.7 Å². The van der Waals surface area contributed by atoms with Crippen LogP contribution in [0.4, 0.5) is 5.69 Å². The van der Waals surface area contributed by atoms with Gasteiger partial charge in [0.15, 0.2) is 5.82 Å². The van der Waals surface area contributed by atoms with E-state index in [1.807, 2.05) is 49.4 Å². The number of unbranched alkanes of at least 4 members (excludes halogenated alkanes) is 1. The number of rotatable bonds is 4. The first-order valence-corrected chi connectivity index (χ1v) is 11.7. The van der Waals surface area contributed by atoms with E-state index in [-0.39, 0.29) is 11.5 Å². The van der Waals surface area contributed by atoms with Gasteiger partial charge in [0.05, 0.1) is 11.3 Å². The maximum absolute atomic E-state index is 13.4. The third kappa shape index (κ3) is 3.21. The van der Waals surface area contributed by atoms with Gasteiger partial charge in [-0.2, -0.15) is 9.50 Å². The summed E-state index contributed by atoms with van der Waals surface area (Å²) < 4.78 is 2.56. The third-order valence-corrected chi connectivity index (χ3v) is 7.01. The van der Waals surface area contributed by atoms with E-state index >= 15 is 0 Å². The number of aromatic nitrogens is 3. The number of carbonyl (C=O) groups is 1. The second-order valence-electron chi connectivity index (χ2n) is 7.53. The minimum absolute atomic E-state index is 0.137. The predicted molar refractivity (Wildman–Crippen MR) is 126 cm³/mol. The number of hydrogen-bond acceptors (Lipinski definition) is 5. The average Bonchev–Trinajstić information content (AvgIpc) is 3.37. The summed E-state index contributed by atoms with van der Waals surface area (Å²) in [5, 5.41) is 4.46. The van der Waals surface area contributed by atoms with Gasteiger partial charge in [-0.1, -0.05) is 64.9 Å². The van der Waals surface area contributed by atoms with Crippen LogP contribution in [0.2, 0.25) is 0 Å². The summed E-state index contributed by atoms with van der Waals surface area (Å²) in [6, 6.07) is 13.6. The molecule has 2 aromatic heterocycles. The first-order valence-electron chi connectivity index (χ1n) is 10.1. The zero-order valence-electron chi connectivity index (χ0n) is 17.1. The van der Waals surface area contributed by atoms with Crippen molar-refractivity contribution in [2.24, 2.45) is 0 Å². The van der Waals surface area contributed by atoms with E-state index in [2.05, 4.69) is 32.9 Å². The number of fused-ring (bicyclic) bond motifs is 2. The van der Waals surface area contributed by atoms with Crippen LogP contribution in [0.5, 0.6) is 0 Å². The maximum atomic E-state index is 13.4. The van der Waals surface area contributed by atoms with Gasteiger partial charge >= 0.3 is 0 Å². The second-order valence-corrected chi connectivity index (χ2v) is 9.42. The van der Waals surface area contributed by atoms with Crippen molar-refractivity contribution in [2.75, 3.05) is 11.4 Å².